The van der Waals surface area contributed by atoms with Crippen molar-refractivity contribution >= 4 is 11.6 Å². The van der Waals surface area contributed by atoms with Crippen molar-refractivity contribution in [3.8, 4) is 11.5 Å². The van der Waals surface area contributed by atoms with Crippen molar-refractivity contribution in [2.45, 2.75) is 20.3 Å². The fourth-order valence-electron chi connectivity index (χ4n) is 2.24. The normalized spacial score (nSPS) is 13.0. The van der Waals surface area contributed by atoms with E-state index in [-0.39, 0.29) is 12.3 Å². The number of amides is 1. The molecule has 0 spiro atoms. The number of carbonyl (C=O) groups excluding carboxylic acids is 1. The number of carbonyl (C=O) groups is 1. The van der Waals surface area contributed by atoms with Gasteiger partial charge in [-0.2, -0.15) is 0 Å². The second-order valence-corrected chi connectivity index (χ2v) is 4.89. The molecule has 0 saturated heterocycles. The van der Waals surface area contributed by atoms with E-state index in [0.717, 1.165) is 11.3 Å². The summed E-state index contributed by atoms with van der Waals surface area (Å²) in [6.07, 6.45) is 0.232. The van der Waals surface area contributed by atoms with E-state index < -0.39 is 0 Å². The number of hydrogen-bond donors (Lipinski definition) is 1. The first-order chi connectivity index (χ1) is 10.1. The molecule has 1 aliphatic rings. The van der Waals surface area contributed by atoms with Crippen molar-refractivity contribution in [3.63, 3.8) is 0 Å². The fourth-order valence-corrected chi connectivity index (χ4v) is 2.24. The van der Waals surface area contributed by atoms with Crippen LogP contribution in [-0.2, 0) is 11.2 Å². The highest BCUT2D eigenvalue weighted by Gasteiger charge is 2.15. The molecular formula is C15H16N2O4. The van der Waals surface area contributed by atoms with Crippen molar-refractivity contribution in [1.82, 2.24) is 5.16 Å². The Morgan fingerprint density at radius 2 is 2.00 bits per heavy atom. The highest BCUT2D eigenvalue weighted by Crippen LogP contribution is 2.32. The van der Waals surface area contributed by atoms with Gasteiger partial charge in [-0.05, 0) is 26.0 Å². The molecule has 1 N–H and O–H groups in total. The van der Waals surface area contributed by atoms with Gasteiger partial charge in [0.15, 0.2) is 11.5 Å². The summed E-state index contributed by atoms with van der Waals surface area (Å²) in [6, 6.07) is 5.35. The first-order valence-electron chi connectivity index (χ1n) is 6.75. The third kappa shape index (κ3) is 2.84. The van der Waals surface area contributed by atoms with Crippen LogP contribution in [0.15, 0.2) is 22.7 Å². The van der Waals surface area contributed by atoms with Gasteiger partial charge in [-0.1, -0.05) is 5.16 Å². The molecule has 0 radical (unpaired) electrons. The number of anilines is 1. The van der Waals surface area contributed by atoms with Gasteiger partial charge in [0.25, 0.3) is 0 Å². The second kappa shape index (κ2) is 5.47. The van der Waals surface area contributed by atoms with Gasteiger partial charge in [-0.15, -0.1) is 0 Å². The summed E-state index contributed by atoms with van der Waals surface area (Å²) in [5, 5.41) is 6.68. The quantitative estimate of drug-likeness (QED) is 0.937. The van der Waals surface area contributed by atoms with Crippen LogP contribution < -0.4 is 14.8 Å². The lowest BCUT2D eigenvalue weighted by molar-refractivity contribution is -0.115. The molecule has 1 amide bonds. The molecule has 0 atom stereocenters. The summed E-state index contributed by atoms with van der Waals surface area (Å²) in [5.41, 5.74) is 2.24. The van der Waals surface area contributed by atoms with Crippen molar-refractivity contribution in [3.05, 3.63) is 35.2 Å². The number of hydrogen-bond acceptors (Lipinski definition) is 5. The van der Waals surface area contributed by atoms with E-state index in [1.54, 1.807) is 25.1 Å². The van der Waals surface area contributed by atoms with Gasteiger partial charge in [0.2, 0.25) is 5.91 Å². The molecule has 2 heterocycles. The minimum absolute atomic E-state index is 0.124. The van der Waals surface area contributed by atoms with E-state index >= 15 is 0 Å². The third-order valence-corrected chi connectivity index (χ3v) is 3.34. The number of nitrogens with one attached hydrogen (secondary N) is 1. The smallest absolute Gasteiger partial charge is 0.229 e. The molecule has 0 saturated carbocycles. The minimum atomic E-state index is -0.124. The van der Waals surface area contributed by atoms with Crippen molar-refractivity contribution in [1.29, 1.82) is 0 Å². The van der Waals surface area contributed by atoms with Gasteiger partial charge in [-0.25, -0.2) is 0 Å². The van der Waals surface area contributed by atoms with E-state index in [4.69, 9.17) is 14.0 Å². The number of nitrogens with zero attached hydrogens (tertiary/aromatic N) is 1. The van der Waals surface area contributed by atoms with Crippen molar-refractivity contribution in [2.75, 3.05) is 18.5 Å². The van der Waals surface area contributed by atoms with E-state index in [9.17, 15) is 4.79 Å². The molecule has 2 aromatic rings. The van der Waals surface area contributed by atoms with Crippen LogP contribution in [0.25, 0.3) is 0 Å². The van der Waals surface area contributed by atoms with Crippen LogP contribution in [0.4, 0.5) is 5.69 Å². The van der Waals surface area contributed by atoms with Crippen molar-refractivity contribution < 1.29 is 18.8 Å². The zero-order chi connectivity index (χ0) is 14.8. The standard InChI is InChI=1S/C15H16N2O4/c1-9-12(10(2)21-17-9)8-15(18)16-11-3-4-13-14(7-11)20-6-5-19-13/h3-4,7H,5-6,8H2,1-2H3,(H,16,18). The van der Waals surface area contributed by atoms with Crippen LogP contribution in [0.1, 0.15) is 17.0 Å². The van der Waals surface area contributed by atoms with Crippen LogP contribution in [0.3, 0.4) is 0 Å². The van der Waals surface area contributed by atoms with Gasteiger partial charge < -0.3 is 19.3 Å². The Balaban J connectivity index is 1.70. The molecule has 6 nitrogen and oxygen atoms in total. The number of ether oxygens (including phenoxy) is 2. The molecule has 0 unspecified atom stereocenters. The fraction of sp³-hybridized carbons (Fsp3) is 0.333. The summed E-state index contributed by atoms with van der Waals surface area (Å²) < 4.78 is 16.0. The molecule has 21 heavy (non-hydrogen) atoms. The molecule has 1 aliphatic heterocycles. The summed E-state index contributed by atoms with van der Waals surface area (Å²) in [6.45, 7) is 4.68. The van der Waals surface area contributed by atoms with E-state index in [1.807, 2.05) is 6.92 Å². The van der Waals surface area contributed by atoms with E-state index in [2.05, 4.69) is 10.5 Å². The van der Waals surface area contributed by atoms with Gasteiger partial charge >= 0.3 is 0 Å². The maximum absolute atomic E-state index is 12.1. The van der Waals surface area contributed by atoms with E-state index in [1.165, 1.54) is 0 Å². The number of rotatable bonds is 3. The van der Waals surface area contributed by atoms with Gasteiger partial charge in [-0.3, -0.25) is 4.79 Å². The van der Waals surface area contributed by atoms with Crippen LogP contribution in [-0.4, -0.2) is 24.3 Å². The lowest BCUT2D eigenvalue weighted by atomic mass is 10.1. The minimum Gasteiger partial charge on any atom is -0.486 e. The Bertz CT molecular complexity index is 659. The Morgan fingerprint density at radius 3 is 2.71 bits per heavy atom. The summed E-state index contributed by atoms with van der Waals surface area (Å²) >= 11 is 0. The molecule has 1 aromatic heterocycles. The molecule has 0 bridgehead atoms. The van der Waals surface area contributed by atoms with Crippen LogP contribution in [0.2, 0.25) is 0 Å². The first kappa shape index (κ1) is 13.5. The Labute approximate surface area is 122 Å². The lowest BCUT2D eigenvalue weighted by Crippen LogP contribution is -2.17. The van der Waals surface area contributed by atoms with Crippen LogP contribution in [0.5, 0.6) is 11.5 Å². The molecule has 3 rings (SSSR count). The maximum Gasteiger partial charge on any atom is 0.229 e. The summed E-state index contributed by atoms with van der Waals surface area (Å²) in [5.74, 6) is 1.90. The third-order valence-electron chi connectivity index (χ3n) is 3.34. The summed E-state index contributed by atoms with van der Waals surface area (Å²) in [7, 11) is 0. The lowest BCUT2D eigenvalue weighted by Gasteiger charge is -2.19. The highest BCUT2D eigenvalue weighted by atomic mass is 16.6. The molecule has 1 aromatic carbocycles. The maximum atomic E-state index is 12.1. The molecular weight excluding hydrogens is 272 g/mol. The first-order valence-corrected chi connectivity index (χ1v) is 6.75. The number of aryl methyl sites for hydroxylation is 2. The Hall–Kier alpha value is -2.50. The predicted molar refractivity (Wildman–Crippen MR) is 75.7 cm³/mol. The molecule has 0 fully saturated rings. The molecule has 0 aliphatic carbocycles. The van der Waals surface area contributed by atoms with Gasteiger partial charge in [0.05, 0.1) is 12.1 Å². The molecule has 110 valence electrons. The number of aromatic nitrogens is 1. The average molecular weight is 288 g/mol. The topological polar surface area (TPSA) is 73.6 Å². The zero-order valence-corrected chi connectivity index (χ0v) is 11.9. The second-order valence-electron chi connectivity index (χ2n) is 4.89. The van der Waals surface area contributed by atoms with Crippen LogP contribution in [0, 0.1) is 13.8 Å². The Kier molecular flexibility index (Phi) is 3.51. The largest absolute Gasteiger partial charge is 0.486 e. The SMILES string of the molecule is Cc1noc(C)c1CC(=O)Nc1ccc2c(c1)OCCO2. The predicted octanol–water partition coefficient (Wildman–Crippen LogP) is 2.24. The van der Waals surface area contributed by atoms with Gasteiger partial charge in [0, 0.05) is 17.3 Å². The summed E-state index contributed by atoms with van der Waals surface area (Å²) in [4.78, 5) is 12.1. The number of fused-ring (bicyclic) bond motifs is 1. The number of benzene rings is 1. The van der Waals surface area contributed by atoms with E-state index in [0.29, 0.717) is 36.2 Å². The molecule has 6 heteroatoms. The average Bonchev–Trinajstić information content (AvgIpc) is 2.79. The Morgan fingerprint density at radius 1 is 1.24 bits per heavy atom. The van der Waals surface area contributed by atoms with Crippen LogP contribution >= 0.6 is 0 Å². The monoisotopic (exact) mass is 288 g/mol. The highest BCUT2D eigenvalue weighted by molar-refractivity contribution is 5.92. The van der Waals surface area contributed by atoms with Gasteiger partial charge in [0.1, 0.15) is 19.0 Å². The zero-order valence-electron chi connectivity index (χ0n) is 11.9. The van der Waals surface area contributed by atoms with Crippen molar-refractivity contribution in [2.24, 2.45) is 0 Å².